The van der Waals surface area contributed by atoms with E-state index >= 15 is 0 Å². The van der Waals surface area contributed by atoms with Crippen LogP contribution in [0.3, 0.4) is 0 Å². The van der Waals surface area contributed by atoms with E-state index in [9.17, 15) is 0 Å². The number of hydrogen-bond acceptors (Lipinski definition) is 2. The molecule has 0 N–H and O–H groups in total. The van der Waals surface area contributed by atoms with E-state index in [0.29, 0.717) is 0 Å². The van der Waals surface area contributed by atoms with Crippen molar-refractivity contribution in [3.63, 3.8) is 0 Å². The van der Waals surface area contributed by atoms with Gasteiger partial charge in [0.2, 0.25) is 0 Å². The lowest BCUT2D eigenvalue weighted by molar-refractivity contribution is 0.00199. The van der Waals surface area contributed by atoms with E-state index in [1.54, 1.807) is 6.21 Å². The summed E-state index contributed by atoms with van der Waals surface area (Å²) in [5.41, 5.74) is 2.08. The summed E-state index contributed by atoms with van der Waals surface area (Å²) in [6.07, 6.45) is 1.73. The summed E-state index contributed by atoms with van der Waals surface area (Å²) in [7, 11) is 0. The molecule has 0 spiro atoms. The van der Waals surface area contributed by atoms with Gasteiger partial charge in [0.25, 0.3) is 0 Å². The Morgan fingerprint density at radius 2 is 1.71 bits per heavy atom. The summed E-state index contributed by atoms with van der Waals surface area (Å²) in [6.45, 7) is 7.98. The maximum absolute atomic E-state index is 5.23. The van der Waals surface area contributed by atoms with Crippen molar-refractivity contribution in [1.29, 1.82) is 0 Å². The highest BCUT2D eigenvalue weighted by atomic mass is 16.6. The molecule has 0 fully saturated rings. The zero-order valence-corrected chi connectivity index (χ0v) is 9.24. The smallest absolute Gasteiger partial charge is 0.129 e. The van der Waals surface area contributed by atoms with Gasteiger partial charge in [0.1, 0.15) is 5.60 Å². The summed E-state index contributed by atoms with van der Waals surface area (Å²) >= 11 is 0. The molecule has 0 saturated carbocycles. The number of nitrogens with zero attached hydrogens (tertiary/aromatic N) is 1. The first-order chi connectivity index (χ1) is 6.47. The van der Waals surface area contributed by atoms with Crippen LogP contribution in [-0.2, 0) is 4.84 Å². The second kappa shape index (κ2) is 4.27. The van der Waals surface area contributed by atoms with Crippen LogP contribution in [0.5, 0.6) is 0 Å². The maximum atomic E-state index is 5.23. The molecule has 0 saturated heterocycles. The molecule has 0 atom stereocenters. The lowest BCUT2D eigenvalue weighted by Gasteiger charge is -2.14. The van der Waals surface area contributed by atoms with Crippen LogP contribution >= 0.6 is 0 Å². The molecular weight excluding hydrogens is 174 g/mol. The second-order valence-electron chi connectivity index (χ2n) is 4.35. The summed E-state index contributed by atoms with van der Waals surface area (Å²) in [6, 6.07) is 8.15. The molecule has 1 aromatic rings. The molecule has 1 aromatic carbocycles. The van der Waals surface area contributed by atoms with Gasteiger partial charge in [0.15, 0.2) is 0 Å². The van der Waals surface area contributed by atoms with Gasteiger partial charge < -0.3 is 4.84 Å². The van der Waals surface area contributed by atoms with Crippen molar-refractivity contribution in [2.24, 2.45) is 5.16 Å². The molecule has 0 aliphatic heterocycles. The molecule has 2 nitrogen and oxygen atoms in total. The summed E-state index contributed by atoms with van der Waals surface area (Å²) in [5, 5.41) is 3.92. The molecule has 0 aromatic heterocycles. The first-order valence-corrected chi connectivity index (χ1v) is 4.75. The first-order valence-electron chi connectivity index (χ1n) is 4.75. The molecule has 0 bridgehead atoms. The molecule has 0 radical (unpaired) electrons. The Labute approximate surface area is 85.6 Å². The number of hydrogen-bond donors (Lipinski definition) is 0. The van der Waals surface area contributed by atoms with Crippen molar-refractivity contribution in [2.75, 3.05) is 0 Å². The summed E-state index contributed by atoms with van der Waals surface area (Å²) in [5.74, 6) is 0. The first kappa shape index (κ1) is 10.8. The molecule has 76 valence electrons. The van der Waals surface area contributed by atoms with Crippen molar-refractivity contribution in [3.8, 4) is 0 Å². The van der Waals surface area contributed by atoms with E-state index in [1.807, 2.05) is 32.9 Å². The van der Waals surface area contributed by atoms with E-state index in [4.69, 9.17) is 4.84 Å². The van der Waals surface area contributed by atoms with Gasteiger partial charge in [-0.15, -0.1) is 0 Å². The summed E-state index contributed by atoms with van der Waals surface area (Å²) < 4.78 is 0. The lowest BCUT2D eigenvalue weighted by Crippen LogP contribution is -2.15. The van der Waals surface area contributed by atoms with E-state index < -0.39 is 0 Å². The van der Waals surface area contributed by atoms with Gasteiger partial charge in [0.05, 0.1) is 6.21 Å². The van der Waals surface area contributed by atoms with Gasteiger partial charge >= 0.3 is 0 Å². The number of aryl methyl sites for hydroxylation is 1. The van der Waals surface area contributed by atoms with E-state index in [-0.39, 0.29) is 5.60 Å². The Morgan fingerprint density at radius 1 is 1.14 bits per heavy atom. The fourth-order valence-electron chi connectivity index (χ4n) is 0.898. The third-order valence-corrected chi connectivity index (χ3v) is 1.61. The third kappa shape index (κ3) is 4.08. The normalized spacial score (nSPS) is 12.0. The molecule has 0 amide bonds. The number of benzene rings is 1. The van der Waals surface area contributed by atoms with Crippen LogP contribution in [0.15, 0.2) is 29.4 Å². The molecule has 0 aliphatic carbocycles. The van der Waals surface area contributed by atoms with Crippen molar-refractivity contribution >= 4 is 6.21 Å². The van der Waals surface area contributed by atoms with Crippen molar-refractivity contribution < 1.29 is 4.84 Å². The number of oxime groups is 1. The van der Waals surface area contributed by atoms with Crippen LogP contribution in [0.25, 0.3) is 0 Å². The molecule has 0 heterocycles. The Balaban J connectivity index is 2.57. The average Bonchev–Trinajstić information content (AvgIpc) is 2.06. The maximum Gasteiger partial charge on any atom is 0.129 e. The van der Waals surface area contributed by atoms with Gasteiger partial charge in [-0.25, -0.2) is 0 Å². The largest absolute Gasteiger partial charge is 0.390 e. The molecule has 2 heteroatoms. The van der Waals surface area contributed by atoms with Gasteiger partial charge in [-0.2, -0.15) is 0 Å². The highest BCUT2D eigenvalue weighted by Crippen LogP contribution is 2.07. The molecule has 0 unspecified atom stereocenters. The predicted molar refractivity (Wildman–Crippen MR) is 59.6 cm³/mol. The Bertz CT molecular complexity index is 306. The fraction of sp³-hybridized carbons (Fsp3) is 0.417. The standard InChI is InChI=1S/C12H17NO/c1-10-5-7-11(8-6-10)9-13-14-12(2,3)4/h5-9H,1-4H3/b13-9+. The predicted octanol–water partition coefficient (Wildman–Crippen LogP) is 3.14. The Hall–Kier alpha value is -1.31. The Kier molecular flexibility index (Phi) is 3.28. The van der Waals surface area contributed by atoms with Gasteiger partial charge in [-0.05, 0) is 33.3 Å². The second-order valence-corrected chi connectivity index (χ2v) is 4.35. The zero-order chi connectivity index (χ0) is 10.6. The topological polar surface area (TPSA) is 21.6 Å². The quantitative estimate of drug-likeness (QED) is 0.520. The van der Waals surface area contributed by atoms with Crippen LogP contribution in [0.2, 0.25) is 0 Å². The molecular formula is C12H17NO. The minimum Gasteiger partial charge on any atom is -0.390 e. The summed E-state index contributed by atoms with van der Waals surface area (Å²) in [4.78, 5) is 5.23. The average molecular weight is 191 g/mol. The van der Waals surface area contributed by atoms with Crippen LogP contribution in [0.1, 0.15) is 31.9 Å². The van der Waals surface area contributed by atoms with E-state index in [1.165, 1.54) is 5.56 Å². The minimum absolute atomic E-state index is 0.221. The van der Waals surface area contributed by atoms with Crippen molar-refractivity contribution in [3.05, 3.63) is 35.4 Å². The van der Waals surface area contributed by atoms with Crippen LogP contribution in [-0.4, -0.2) is 11.8 Å². The van der Waals surface area contributed by atoms with Crippen molar-refractivity contribution in [1.82, 2.24) is 0 Å². The van der Waals surface area contributed by atoms with Gasteiger partial charge in [0, 0.05) is 0 Å². The van der Waals surface area contributed by atoms with Gasteiger partial charge in [-0.1, -0.05) is 35.0 Å². The van der Waals surface area contributed by atoms with Gasteiger partial charge in [-0.3, -0.25) is 0 Å². The highest BCUT2D eigenvalue weighted by Gasteiger charge is 2.08. The third-order valence-electron chi connectivity index (χ3n) is 1.61. The molecule has 14 heavy (non-hydrogen) atoms. The lowest BCUT2D eigenvalue weighted by atomic mass is 10.2. The minimum atomic E-state index is -0.221. The SMILES string of the molecule is Cc1ccc(/C=N/OC(C)(C)C)cc1. The van der Waals surface area contributed by atoms with Crippen LogP contribution in [0, 0.1) is 6.92 Å². The molecule has 1 rings (SSSR count). The number of rotatable bonds is 2. The van der Waals surface area contributed by atoms with Crippen molar-refractivity contribution in [2.45, 2.75) is 33.3 Å². The zero-order valence-electron chi connectivity index (χ0n) is 9.24. The Morgan fingerprint density at radius 3 is 2.21 bits per heavy atom. The van der Waals surface area contributed by atoms with Crippen LogP contribution in [0.4, 0.5) is 0 Å². The van der Waals surface area contributed by atoms with Crippen LogP contribution < -0.4 is 0 Å². The highest BCUT2D eigenvalue weighted by molar-refractivity contribution is 5.79. The van der Waals surface area contributed by atoms with E-state index in [2.05, 4.69) is 24.2 Å². The molecule has 0 aliphatic rings. The fourth-order valence-corrected chi connectivity index (χ4v) is 0.898. The monoisotopic (exact) mass is 191 g/mol. The van der Waals surface area contributed by atoms with E-state index in [0.717, 1.165) is 5.56 Å².